The van der Waals surface area contributed by atoms with Crippen LogP contribution in [0.5, 0.6) is 23.0 Å². The van der Waals surface area contributed by atoms with Gasteiger partial charge in [0, 0.05) is 17.7 Å². The summed E-state index contributed by atoms with van der Waals surface area (Å²) in [5.74, 6) is -0.710. The van der Waals surface area contributed by atoms with Crippen molar-refractivity contribution in [2.45, 2.75) is 39.7 Å². The number of carboxylic acid groups (broad SMARTS) is 1. The molecule has 0 amide bonds. The van der Waals surface area contributed by atoms with Crippen LogP contribution in [-0.2, 0) is 11.2 Å². The Bertz CT molecular complexity index is 1440. The first-order valence-corrected chi connectivity index (χ1v) is 10.7. The zero-order valence-electron chi connectivity index (χ0n) is 19.6. The minimum atomic E-state index is -1.19. The van der Waals surface area contributed by atoms with Crippen molar-refractivity contribution < 1.29 is 33.6 Å². The first-order chi connectivity index (χ1) is 16.0. The van der Waals surface area contributed by atoms with Crippen molar-refractivity contribution >= 4 is 34.0 Å². The molecule has 1 aliphatic heterocycles. The summed E-state index contributed by atoms with van der Waals surface area (Å²) in [6.07, 6.45) is 5.78. The molecule has 178 valence electrons. The Morgan fingerprint density at radius 3 is 2.50 bits per heavy atom. The fourth-order valence-corrected chi connectivity index (χ4v) is 4.03. The van der Waals surface area contributed by atoms with Crippen LogP contribution in [0, 0.1) is 0 Å². The second-order valence-electron chi connectivity index (χ2n) is 8.91. The summed E-state index contributed by atoms with van der Waals surface area (Å²) in [4.78, 5) is 25.2. The highest BCUT2D eigenvalue weighted by atomic mass is 16.5. The van der Waals surface area contributed by atoms with Gasteiger partial charge in [-0.15, -0.1) is 0 Å². The molecule has 0 saturated heterocycles. The molecule has 0 fully saturated rings. The first-order valence-electron chi connectivity index (χ1n) is 10.7. The molecule has 0 bridgehead atoms. The Morgan fingerprint density at radius 1 is 1.15 bits per heavy atom. The van der Waals surface area contributed by atoms with Crippen LogP contribution in [-0.4, -0.2) is 35.5 Å². The maximum absolute atomic E-state index is 13.9. The maximum atomic E-state index is 13.9. The van der Waals surface area contributed by atoms with Gasteiger partial charge in [0.1, 0.15) is 33.7 Å². The molecule has 0 atom stereocenters. The fourth-order valence-electron chi connectivity index (χ4n) is 4.03. The average molecular weight is 466 g/mol. The monoisotopic (exact) mass is 466 g/mol. The van der Waals surface area contributed by atoms with E-state index in [4.69, 9.17) is 18.6 Å². The fraction of sp³-hybridized carbons (Fsp3) is 0.308. The van der Waals surface area contributed by atoms with Crippen molar-refractivity contribution in [2.24, 2.45) is 0 Å². The third-order valence-electron chi connectivity index (χ3n) is 5.53. The van der Waals surface area contributed by atoms with Crippen LogP contribution in [0.2, 0.25) is 0 Å². The number of aromatic hydroxyl groups is 1. The van der Waals surface area contributed by atoms with Gasteiger partial charge in [-0.3, -0.25) is 4.79 Å². The van der Waals surface area contributed by atoms with Gasteiger partial charge < -0.3 is 28.8 Å². The number of hydrogen-bond acceptors (Lipinski definition) is 7. The van der Waals surface area contributed by atoms with Crippen molar-refractivity contribution in [2.75, 3.05) is 13.7 Å². The lowest BCUT2D eigenvalue weighted by Gasteiger charge is -2.29. The quantitative estimate of drug-likeness (QED) is 0.393. The lowest BCUT2D eigenvalue weighted by atomic mass is 9.97. The highest BCUT2D eigenvalue weighted by molar-refractivity contribution is 5.99. The summed E-state index contributed by atoms with van der Waals surface area (Å²) in [5, 5.41) is 20.1. The highest BCUT2D eigenvalue weighted by Gasteiger charge is 2.29. The largest absolute Gasteiger partial charge is 0.504 e. The van der Waals surface area contributed by atoms with E-state index in [1.807, 2.05) is 33.8 Å². The molecule has 0 spiro atoms. The van der Waals surface area contributed by atoms with Crippen molar-refractivity contribution in [3.8, 4) is 23.0 Å². The summed E-state index contributed by atoms with van der Waals surface area (Å²) >= 11 is 0. The van der Waals surface area contributed by atoms with Gasteiger partial charge >= 0.3 is 5.97 Å². The molecule has 0 saturated carbocycles. The van der Waals surface area contributed by atoms with Gasteiger partial charge in [0.05, 0.1) is 18.1 Å². The van der Waals surface area contributed by atoms with Crippen molar-refractivity contribution in [1.82, 2.24) is 0 Å². The Hall–Kier alpha value is -3.94. The van der Waals surface area contributed by atoms with Crippen LogP contribution in [0.3, 0.4) is 0 Å². The molecular weight excluding hydrogens is 440 g/mol. The van der Waals surface area contributed by atoms with E-state index in [9.17, 15) is 19.8 Å². The van der Waals surface area contributed by atoms with Crippen molar-refractivity contribution in [3.05, 3.63) is 51.2 Å². The lowest BCUT2D eigenvalue weighted by Crippen LogP contribution is -2.28. The number of methoxy groups -OCH3 is 1. The van der Waals surface area contributed by atoms with Gasteiger partial charge in [-0.1, -0.05) is 11.6 Å². The molecule has 2 aromatic carbocycles. The van der Waals surface area contributed by atoms with E-state index >= 15 is 0 Å². The summed E-state index contributed by atoms with van der Waals surface area (Å²) in [7, 11) is 1.41. The number of phenolic OH excluding ortho intramolecular Hbond substituents is 1. The molecule has 0 aliphatic carbocycles. The summed E-state index contributed by atoms with van der Waals surface area (Å²) in [6.45, 7) is 6.93. The standard InChI is InChI=1S/C26H26O8/c1-13(2)6-7-15-21-18(10-16(27)24(15)31-5)33-19-11-17-14(8-9-26(3,4)34-17)25(22(19)23(21)30)32-12-20(28)29/h6,8-11,27H,7,12H2,1-5H3,(H,28,29). The molecule has 4 rings (SSSR count). The molecular formula is C26H26O8. The molecule has 1 aromatic heterocycles. The number of allylic oxidation sites excluding steroid dienone is 2. The second kappa shape index (κ2) is 8.44. The zero-order chi connectivity index (χ0) is 24.8. The number of fused-ring (bicyclic) bond motifs is 3. The van der Waals surface area contributed by atoms with Gasteiger partial charge in [0.25, 0.3) is 0 Å². The third kappa shape index (κ3) is 4.07. The normalized spacial score (nSPS) is 13.9. The molecule has 1 aliphatic rings. The maximum Gasteiger partial charge on any atom is 0.341 e. The van der Waals surface area contributed by atoms with E-state index in [1.165, 1.54) is 13.2 Å². The van der Waals surface area contributed by atoms with Crippen molar-refractivity contribution in [1.29, 1.82) is 0 Å². The molecule has 2 N–H and O–H groups in total. The Morgan fingerprint density at radius 2 is 1.85 bits per heavy atom. The van der Waals surface area contributed by atoms with Crippen molar-refractivity contribution in [3.63, 3.8) is 0 Å². The SMILES string of the molecule is COc1c(O)cc2oc3cc4c(c(OCC(=O)O)c3c(=O)c2c1CC=C(C)C)C=CC(C)(C)O4. The van der Waals surface area contributed by atoms with Gasteiger partial charge in [0.2, 0.25) is 5.43 Å². The number of carbonyl (C=O) groups is 1. The topological polar surface area (TPSA) is 115 Å². The van der Waals surface area contributed by atoms with E-state index in [-0.39, 0.29) is 39.2 Å². The summed E-state index contributed by atoms with van der Waals surface area (Å²) in [5.41, 5.74) is 1.22. The number of ether oxygens (including phenoxy) is 3. The van der Waals surface area contributed by atoms with Crippen LogP contribution >= 0.6 is 0 Å². The Balaban J connectivity index is 2.13. The lowest BCUT2D eigenvalue weighted by molar-refractivity contribution is -0.139. The van der Waals surface area contributed by atoms with Gasteiger partial charge in [-0.05, 0) is 46.3 Å². The molecule has 8 nitrogen and oxygen atoms in total. The zero-order valence-corrected chi connectivity index (χ0v) is 19.6. The predicted molar refractivity (Wildman–Crippen MR) is 128 cm³/mol. The molecule has 3 aromatic rings. The first kappa shape index (κ1) is 23.2. The minimum absolute atomic E-state index is 0.0671. The Labute approximate surface area is 195 Å². The van der Waals surface area contributed by atoms with E-state index in [1.54, 1.807) is 18.2 Å². The Kier molecular flexibility index (Phi) is 5.77. The summed E-state index contributed by atoms with van der Waals surface area (Å²) in [6, 6.07) is 2.92. The van der Waals surface area contributed by atoms with Crippen LogP contribution in [0.1, 0.15) is 38.8 Å². The van der Waals surface area contributed by atoms with Gasteiger partial charge in [-0.2, -0.15) is 0 Å². The molecule has 0 radical (unpaired) electrons. The molecule has 2 heterocycles. The van der Waals surface area contributed by atoms with Crippen LogP contribution in [0.15, 0.2) is 39.1 Å². The number of phenols is 1. The molecule has 0 unspecified atom stereocenters. The predicted octanol–water partition coefficient (Wildman–Crippen LogP) is 4.82. The van der Waals surface area contributed by atoms with E-state index in [0.717, 1.165) is 5.57 Å². The number of benzene rings is 2. The van der Waals surface area contributed by atoms with E-state index in [2.05, 4.69) is 0 Å². The number of carboxylic acids is 1. The third-order valence-corrected chi connectivity index (χ3v) is 5.53. The minimum Gasteiger partial charge on any atom is -0.504 e. The molecule has 8 heteroatoms. The number of aliphatic carboxylic acids is 1. The van der Waals surface area contributed by atoms with Crippen LogP contribution < -0.4 is 19.6 Å². The van der Waals surface area contributed by atoms with Crippen LogP contribution in [0.4, 0.5) is 0 Å². The van der Waals surface area contributed by atoms with E-state index in [0.29, 0.717) is 23.3 Å². The molecule has 34 heavy (non-hydrogen) atoms. The second-order valence-corrected chi connectivity index (χ2v) is 8.91. The number of rotatable bonds is 6. The highest BCUT2D eigenvalue weighted by Crippen LogP contribution is 2.44. The van der Waals surface area contributed by atoms with E-state index < -0.39 is 23.6 Å². The van der Waals surface area contributed by atoms with Gasteiger partial charge in [-0.25, -0.2) is 4.79 Å². The summed E-state index contributed by atoms with van der Waals surface area (Å²) < 4.78 is 23.1. The average Bonchev–Trinajstić information content (AvgIpc) is 2.73. The smallest absolute Gasteiger partial charge is 0.341 e. The van der Waals surface area contributed by atoms with Crippen LogP contribution in [0.25, 0.3) is 28.0 Å². The van der Waals surface area contributed by atoms with Gasteiger partial charge in [0.15, 0.2) is 18.1 Å². The number of hydrogen-bond donors (Lipinski definition) is 2.